The van der Waals surface area contributed by atoms with Crippen LogP contribution < -0.4 is 10.6 Å². The number of benzene rings is 1. The van der Waals surface area contributed by atoms with Crippen LogP contribution in [-0.2, 0) is 0 Å². The summed E-state index contributed by atoms with van der Waals surface area (Å²) < 4.78 is 0. The zero-order chi connectivity index (χ0) is 11.4. The van der Waals surface area contributed by atoms with E-state index < -0.39 is 0 Å². The normalized spacial score (nSPS) is 17.5. The van der Waals surface area contributed by atoms with Crippen molar-refractivity contribution in [2.45, 2.75) is 25.8 Å². The van der Waals surface area contributed by atoms with Gasteiger partial charge in [0.15, 0.2) is 0 Å². The van der Waals surface area contributed by atoms with E-state index in [1.807, 2.05) is 0 Å². The summed E-state index contributed by atoms with van der Waals surface area (Å²) in [6.07, 6.45) is 6.60. The SMILES string of the molecule is CC[C@@H](N)c1ccccc1N1CC=CCC1. The summed E-state index contributed by atoms with van der Waals surface area (Å²) in [5.41, 5.74) is 8.74. The van der Waals surface area contributed by atoms with Gasteiger partial charge in [-0.3, -0.25) is 0 Å². The predicted molar refractivity (Wildman–Crippen MR) is 69.6 cm³/mol. The molecule has 0 saturated carbocycles. The number of hydrogen-bond donors (Lipinski definition) is 1. The van der Waals surface area contributed by atoms with Gasteiger partial charge in [0.1, 0.15) is 0 Å². The lowest BCUT2D eigenvalue weighted by Gasteiger charge is -2.29. The quantitative estimate of drug-likeness (QED) is 0.787. The first-order valence-corrected chi connectivity index (χ1v) is 6.07. The minimum atomic E-state index is 0.155. The molecule has 0 radical (unpaired) electrons. The molecule has 0 bridgehead atoms. The second-order valence-corrected chi connectivity index (χ2v) is 4.28. The molecule has 0 fully saturated rings. The summed E-state index contributed by atoms with van der Waals surface area (Å²) in [4.78, 5) is 2.41. The molecule has 1 aromatic rings. The van der Waals surface area contributed by atoms with Gasteiger partial charge >= 0.3 is 0 Å². The van der Waals surface area contributed by atoms with Gasteiger partial charge < -0.3 is 10.6 Å². The second-order valence-electron chi connectivity index (χ2n) is 4.28. The van der Waals surface area contributed by atoms with E-state index in [1.165, 1.54) is 11.3 Å². The summed E-state index contributed by atoms with van der Waals surface area (Å²) in [5, 5.41) is 0. The van der Waals surface area contributed by atoms with Gasteiger partial charge in [0.25, 0.3) is 0 Å². The third kappa shape index (κ3) is 2.27. The van der Waals surface area contributed by atoms with Crippen LogP contribution in [0.15, 0.2) is 36.4 Å². The Morgan fingerprint density at radius 3 is 2.81 bits per heavy atom. The van der Waals surface area contributed by atoms with Crippen molar-refractivity contribution in [3.63, 3.8) is 0 Å². The standard InChI is InChI=1S/C14H20N2/c1-2-13(15)12-8-4-5-9-14(12)16-10-6-3-7-11-16/h3-6,8-9,13H,2,7,10-11,15H2,1H3/t13-/m1/s1. The van der Waals surface area contributed by atoms with Crippen LogP contribution in [0.3, 0.4) is 0 Å². The highest BCUT2D eigenvalue weighted by Gasteiger charge is 2.14. The molecule has 1 aromatic carbocycles. The molecule has 0 unspecified atom stereocenters. The molecule has 86 valence electrons. The molecule has 2 rings (SSSR count). The van der Waals surface area contributed by atoms with Crippen molar-refractivity contribution in [1.82, 2.24) is 0 Å². The predicted octanol–water partition coefficient (Wildman–Crippen LogP) is 2.86. The van der Waals surface area contributed by atoms with Crippen LogP contribution in [0.4, 0.5) is 5.69 Å². The van der Waals surface area contributed by atoms with E-state index in [0.29, 0.717) is 0 Å². The molecule has 1 heterocycles. The monoisotopic (exact) mass is 216 g/mol. The first-order chi connectivity index (χ1) is 7.83. The Morgan fingerprint density at radius 2 is 2.12 bits per heavy atom. The van der Waals surface area contributed by atoms with Gasteiger partial charge in [-0.05, 0) is 24.5 Å². The summed E-state index contributed by atoms with van der Waals surface area (Å²) >= 11 is 0. The molecule has 16 heavy (non-hydrogen) atoms. The van der Waals surface area contributed by atoms with Crippen LogP contribution in [0.1, 0.15) is 31.4 Å². The molecule has 0 spiro atoms. The molecule has 1 aliphatic heterocycles. The molecule has 2 N–H and O–H groups in total. The van der Waals surface area contributed by atoms with E-state index in [0.717, 1.165) is 25.9 Å². The summed E-state index contributed by atoms with van der Waals surface area (Å²) in [7, 11) is 0. The molecular formula is C14H20N2. The van der Waals surface area contributed by atoms with Gasteiger partial charge in [-0.2, -0.15) is 0 Å². The Kier molecular flexibility index (Phi) is 3.62. The average molecular weight is 216 g/mol. The Bertz CT molecular complexity index is 371. The molecule has 0 amide bonds. The van der Waals surface area contributed by atoms with Crippen LogP contribution in [-0.4, -0.2) is 13.1 Å². The zero-order valence-corrected chi connectivity index (χ0v) is 9.89. The topological polar surface area (TPSA) is 29.3 Å². The van der Waals surface area contributed by atoms with Crippen LogP contribution in [0.5, 0.6) is 0 Å². The number of anilines is 1. The number of nitrogens with zero attached hydrogens (tertiary/aromatic N) is 1. The first kappa shape index (κ1) is 11.2. The fourth-order valence-corrected chi connectivity index (χ4v) is 2.17. The number of para-hydroxylation sites is 1. The zero-order valence-electron chi connectivity index (χ0n) is 9.89. The van der Waals surface area contributed by atoms with E-state index >= 15 is 0 Å². The molecule has 2 heteroatoms. The summed E-state index contributed by atoms with van der Waals surface area (Å²) in [6.45, 7) is 4.24. The van der Waals surface area contributed by atoms with Crippen LogP contribution in [0.25, 0.3) is 0 Å². The smallest absolute Gasteiger partial charge is 0.0417 e. The van der Waals surface area contributed by atoms with Gasteiger partial charge in [-0.15, -0.1) is 0 Å². The van der Waals surface area contributed by atoms with Crippen LogP contribution >= 0.6 is 0 Å². The minimum Gasteiger partial charge on any atom is -0.367 e. The Labute approximate surface area is 97.8 Å². The van der Waals surface area contributed by atoms with E-state index in [2.05, 4.69) is 48.2 Å². The Hall–Kier alpha value is -1.28. The molecular weight excluding hydrogens is 196 g/mol. The number of nitrogens with two attached hydrogens (primary N) is 1. The first-order valence-electron chi connectivity index (χ1n) is 6.07. The van der Waals surface area contributed by atoms with Crippen molar-refractivity contribution in [1.29, 1.82) is 0 Å². The third-order valence-electron chi connectivity index (χ3n) is 3.17. The highest BCUT2D eigenvalue weighted by molar-refractivity contribution is 5.55. The molecule has 0 aromatic heterocycles. The Balaban J connectivity index is 2.28. The van der Waals surface area contributed by atoms with Crippen molar-refractivity contribution in [2.24, 2.45) is 5.73 Å². The van der Waals surface area contributed by atoms with Crippen molar-refractivity contribution in [3.05, 3.63) is 42.0 Å². The summed E-state index contributed by atoms with van der Waals surface area (Å²) in [5.74, 6) is 0. The van der Waals surface area contributed by atoms with E-state index in [-0.39, 0.29) is 6.04 Å². The minimum absolute atomic E-state index is 0.155. The molecule has 1 aliphatic rings. The lowest BCUT2D eigenvalue weighted by atomic mass is 10.0. The highest BCUT2D eigenvalue weighted by atomic mass is 15.1. The van der Waals surface area contributed by atoms with Gasteiger partial charge in [-0.1, -0.05) is 37.3 Å². The van der Waals surface area contributed by atoms with Crippen molar-refractivity contribution >= 4 is 5.69 Å². The van der Waals surface area contributed by atoms with Gasteiger partial charge in [0.2, 0.25) is 0 Å². The van der Waals surface area contributed by atoms with Gasteiger partial charge in [0.05, 0.1) is 0 Å². The third-order valence-corrected chi connectivity index (χ3v) is 3.17. The molecule has 2 nitrogen and oxygen atoms in total. The molecule has 0 saturated heterocycles. The molecule has 1 atom stereocenters. The van der Waals surface area contributed by atoms with Gasteiger partial charge in [0, 0.05) is 24.8 Å². The highest BCUT2D eigenvalue weighted by Crippen LogP contribution is 2.27. The fourth-order valence-electron chi connectivity index (χ4n) is 2.17. The van der Waals surface area contributed by atoms with Crippen molar-refractivity contribution in [3.8, 4) is 0 Å². The summed E-state index contributed by atoms with van der Waals surface area (Å²) in [6, 6.07) is 8.67. The number of hydrogen-bond acceptors (Lipinski definition) is 2. The van der Waals surface area contributed by atoms with E-state index in [9.17, 15) is 0 Å². The second kappa shape index (κ2) is 5.17. The van der Waals surface area contributed by atoms with Crippen LogP contribution in [0.2, 0.25) is 0 Å². The maximum absolute atomic E-state index is 6.16. The lowest BCUT2D eigenvalue weighted by Crippen LogP contribution is -2.28. The molecule has 0 aliphatic carbocycles. The van der Waals surface area contributed by atoms with E-state index in [1.54, 1.807) is 0 Å². The largest absolute Gasteiger partial charge is 0.367 e. The van der Waals surface area contributed by atoms with Crippen LogP contribution in [0, 0.1) is 0 Å². The van der Waals surface area contributed by atoms with Crippen molar-refractivity contribution < 1.29 is 0 Å². The van der Waals surface area contributed by atoms with E-state index in [4.69, 9.17) is 5.73 Å². The number of rotatable bonds is 3. The maximum atomic E-state index is 6.16. The maximum Gasteiger partial charge on any atom is 0.0417 e. The lowest BCUT2D eigenvalue weighted by molar-refractivity contribution is 0.690. The Morgan fingerprint density at radius 1 is 1.31 bits per heavy atom. The fraction of sp³-hybridized carbons (Fsp3) is 0.429. The van der Waals surface area contributed by atoms with Gasteiger partial charge in [-0.25, -0.2) is 0 Å². The van der Waals surface area contributed by atoms with Crippen molar-refractivity contribution in [2.75, 3.05) is 18.0 Å². The average Bonchev–Trinajstić information content (AvgIpc) is 2.39.